The van der Waals surface area contributed by atoms with E-state index in [1.54, 1.807) is 19.9 Å². The number of allylic oxidation sites excluding steroid dienone is 1. The van der Waals surface area contributed by atoms with Crippen LogP contribution in [0.15, 0.2) is 34.3 Å². The van der Waals surface area contributed by atoms with Crippen molar-refractivity contribution in [2.24, 2.45) is 0 Å². The van der Waals surface area contributed by atoms with E-state index >= 15 is 0 Å². The highest BCUT2D eigenvalue weighted by molar-refractivity contribution is 9.10. The quantitative estimate of drug-likeness (QED) is 0.683. The number of amides is 1. The molecule has 1 aromatic rings. The van der Waals surface area contributed by atoms with Crippen LogP contribution in [-0.4, -0.2) is 18.5 Å². The normalized spacial score (nSPS) is 9.68. The minimum atomic E-state index is -0.516. The predicted octanol–water partition coefficient (Wildman–Crippen LogP) is 3.21. The highest BCUT2D eigenvalue weighted by Gasteiger charge is 2.08. The lowest BCUT2D eigenvalue weighted by Crippen LogP contribution is -2.20. The predicted molar refractivity (Wildman–Crippen MR) is 77.9 cm³/mol. The zero-order chi connectivity index (χ0) is 14.4. The summed E-state index contributed by atoms with van der Waals surface area (Å²) in [6.07, 6.45) is 1.34. The number of aryl methyl sites for hydroxylation is 1. The molecule has 0 bridgehead atoms. The van der Waals surface area contributed by atoms with Crippen molar-refractivity contribution in [3.05, 3.63) is 39.9 Å². The third kappa shape index (κ3) is 5.70. The van der Waals surface area contributed by atoms with Crippen LogP contribution in [0.3, 0.4) is 0 Å². The summed E-state index contributed by atoms with van der Waals surface area (Å²) in [6.45, 7) is 5.22. The summed E-state index contributed by atoms with van der Waals surface area (Å²) >= 11 is 3.36. The second kappa shape index (κ2) is 7.09. The van der Waals surface area contributed by atoms with Gasteiger partial charge >= 0.3 is 5.97 Å². The average Bonchev–Trinajstić information content (AvgIpc) is 2.29. The van der Waals surface area contributed by atoms with Crippen molar-refractivity contribution < 1.29 is 14.3 Å². The molecular formula is C14H16BrNO3. The summed E-state index contributed by atoms with van der Waals surface area (Å²) < 4.78 is 5.60. The monoisotopic (exact) mass is 325 g/mol. The number of ether oxygens (including phenoxy) is 1. The fourth-order valence-corrected chi connectivity index (χ4v) is 1.91. The van der Waals surface area contributed by atoms with Crippen LogP contribution in [0.4, 0.5) is 5.69 Å². The summed E-state index contributed by atoms with van der Waals surface area (Å²) in [6, 6.07) is 5.57. The van der Waals surface area contributed by atoms with Crippen molar-refractivity contribution in [3.63, 3.8) is 0 Å². The molecule has 19 heavy (non-hydrogen) atoms. The minimum Gasteiger partial charge on any atom is -0.452 e. The fourth-order valence-electron chi connectivity index (χ4n) is 1.32. The van der Waals surface area contributed by atoms with Gasteiger partial charge in [-0.05, 0) is 54.4 Å². The molecule has 4 nitrogen and oxygen atoms in total. The average molecular weight is 326 g/mol. The molecule has 0 aliphatic heterocycles. The number of nitrogens with one attached hydrogen (secondary N) is 1. The van der Waals surface area contributed by atoms with E-state index < -0.39 is 5.97 Å². The molecular weight excluding hydrogens is 310 g/mol. The molecule has 0 aliphatic rings. The number of carbonyl (C=O) groups excluding carboxylic acids is 2. The highest BCUT2D eigenvalue weighted by Crippen LogP contribution is 2.23. The van der Waals surface area contributed by atoms with Crippen LogP contribution in [0.2, 0.25) is 0 Å². The maximum absolute atomic E-state index is 11.6. The maximum Gasteiger partial charge on any atom is 0.331 e. The van der Waals surface area contributed by atoms with Gasteiger partial charge in [-0.2, -0.15) is 0 Å². The van der Waals surface area contributed by atoms with E-state index in [4.69, 9.17) is 4.74 Å². The van der Waals surface area contributed by atoms with Gasteiger partial charge in [-0.1, -0.05) is 11.6 Å². The molecule has 0 saturated heterocycles. The van der Waals surface area contributed by atoms with Crippen molar-refractivity contribution in [1.82, 2.24) is 0 Å². The van der Waals surface area contributed by atoms with Crippen molar-refractivity contribution in [2.75, 3.05) is 11.9 Å². The van der Waals surface area contributed by atoms with E-state index in [1.165, 1.54) is 6.08 Å². The first-order valence-corrected chi connectivity index (χ1v) is 6.55. The van der Waals surface area contributed by atoms with E-state index in [1.807, 2.05) is 19.1 Å². The van der Waals surface area contributed by atoms with Gasteiger partial charge in [-0.3, -0.25) is 4.79 Å². The second-order valence-electron chi connectivity index (χ2n) is 4.36. The molecule has 0 atom stereocenters. The van der Waals surface area contributed by atoms with Crippen LogP contribution in [0.5, 0.6) is 0 Å². The Bertz CT molecular complexity index is 519. The Morgan fingerprint density at radius 3 is 2.63 bits per heavy atom. The first kappa shape index (κ1) is 15.4. The Balaban J connectivity index is 2.52. The summed E-state index contributed by atoms with van der Waals surface area (Å²) in [5.74, 6) is -0.891. The summed E-state index contributed by atoms with van der Waals surface area (Å²) in [5.41, 5.74) is 2.56. The zero-order valence-corrected chi connectivity index (χ0v) is 12.7. The lowest BCUT2D eigenvalue weighted by molar-refractivity contribution is -0.142. The Morgan fingerprint density at radius 2 is 2.05 bits per heavy atom. The van der Waals surface area contributed by atoms with Crippen LogP contribution >= 0.6 is 15.9 Å². The van der Waals surface area contributed by atoms with Crippen LogP contribution in [0.1, 0.15) is 19.4 Å². The molecule has 102 valence electrons. The summed E-state index contributed by atoms with van der Waals surface area (Å²) in [5, 5.41) is 2.66. The number of hydrogen-bond acceptors (Lipinski definition) is 3. The minimum absolute atomic E-state index is 0.303. The Kier molecular flexibility index (Phi) is 5.76. The van der Waals surface area contributed by atoms with E-state index in [0.717, 1.165) is 15.6 Å². The van der Waals surface area contributed by atoms with Gasteiger partial charge in [0.1, 0.15) is 0 Å². The number of anilines is 1. The standard InChI is InChI=1S/C14H16BrNO3/c1-9(2)6-14(18)19-8-13(17)16-12-5-4-10(3)7-11(12)15/h4-7H,8H2,1-3H3,(H,16,17). The molecule has 0 spiro atoms. The first-order chi connectivity index (χ1) is 8.88. The number of hydrogen-bond donors (Lipinski definition) is 1. The van der Waals surface area contributed by atoms with Gasteiger partial charge in [-0.15, -0.1) is 0 Å². The fraction of sp³-hybridized carbons (Fsp3) is 0.286. The van der Waals surface area contributed by atoms with Gasteiger partial charge in [0.15, 0.2) is 6.61 Å². The number of carbonyl (C=O) groups is 2. The van der Waals surface area contributed by atoms with Gasteiger partial charge in [0.25, 0.3) is 5.91 Å². The van der Waals surface area contributed by atoms with Gasteiger partial charge in [0.05, 0.1) is 5.69 Å². The Morgan fingerprint density at radius 1 is 1.37 bits per heavy atom. The molecule has 1 rings (SSSR count). The van der Waals surface area contributed by atoms with Crippen LogP contribution in [0, 0.1) is 6.92 Å². The summed E-state index contributed by atoms with van der Waals surface area (Å²) in [4.78, 5) is 22.8. The molecule has 0 aromatic heterocycles. The maximum atomic E-state index is 11.6. The lowest BCUT2D eigenvalue weighted by atomic mass is 10.2. The van der Waals surface area contributed by atoms with Crippen LogP contribution in [0.25, 0.3) is 0 Å². The third-order valence-corrected chi connectivity index (χ3v) is 2.81. The van der Waals surface area contributed by atoms with E-state index in [0.29, 0.717) is 5.69 Å². The smallest absolute Gasteiger partial charge is 0.331 e. The third-order valence-electron chi connectivity index (χ3n) is 2.15. The molecule has 0 unspecified atom stereocenters. The number of halogens is 1. The van der Waals surface area contributed by atoms with E-state index in [-0.39, 0.29) is 12.5 Å². The molecule has 0 saturated carbocycles. The van der Waals surface area contributed by atoms with Gasteiger partial charge < -0.3 is 10.1 Å². The first-order valence-electron chi connectivity index (χ1n) is 5.76. The molecule has 1 aromatic carbocycles. The topological polar surface area (TPSA) is 55.4 Å². The Labute approximate surface area is 121 Å². The van der Waals surface area contributed by atoms with Crippen molar-refractivity contribution >= 4 is 33.5 Å². The Hall–Kier alpha value is -1.62. The van der Waals surface area contributed by atoms with Crippen LogP contribution < -0.4 is 5.32 Å². The number of benzene rings is 1. The molecule has 0 aliphatic carbocycles. The van der Waals surface area contributed by atoms with Crippen molar-refractivity contribution in [2.45, 2.75) is 20.8 Å². The molecule has 0 fully saturated rings. The number of rotatable bonds is 4. The molecule has 1 amide bonds. The van der Waals surface area contributed by atoms with Crippen molar-refractivity contribution in [3.8, 4) is 0 Å². The second-order valence-corrected chi connectivity index (χ2v) is 5.22. The van der Waals surface area contributed by atoms with Crippen molar-refractivity contribution in [1.29, 1.82) is 0 Å². The zero-order valence-electron chi connectivity index (χ0n) is 11.1. The largest absolute Gasteiger partial charge is 0.452 e. The van der Waals surface area contributed by atoms with Gasteiger partial charge in [0, 0.05) is 10.5 Å². The van der Waals surface area contributed by atoms with E-state index in [2.05, 4.69) is 21.2 Å². The molecule has 5 heteroatoms. The molecule has 1 N–H and O–H groups in total. The molecule has 0 heterocycles. The number of esters is 1. The lowest BCUT2D eigenvalue weighted by Gasteiger charge is -2.08. The highest BCUT2D eigenvalue weighted by atomic mass is 79.9. The van der Waals surface area contributed by atoms with Gasteiger partial charge in [0.2, 0.25) is 0 Å². The van der Waals surface area contributed by atoms with Gasteiger partial charge in [-0.25, -0.2) is 4.79 Å². The molecule has 0 radical (unpaired) electrons. The summed E-state index contributed by atoms with van der Waals surface area (Å²) in [7, 11) is 0. The SMILES string of the molecule is CC(C)=CC(=O)OCC(=O)Nc1ccc(C)cc1Br. The van der Waals surface area contributed by atoms with E-state index in [9.17, 15) is 9.59 Å². The van der Waals surface area contributed by atoms with Crippen LogP contribution in [-0.2, 0) is 14.3 Å².